The summed E-state index contributed by atoms with van der Waals surface area (Å²) in [5.41, 5.74) is 1.03. The minimum atomic E-state index is -4.84. The summed E-state index contributed by atoms with van der Waals surface area (Å²) in [6.07, 6.45) is -5.97. The third-order valence-electron chi connectivity index (χ3n) is 3.85. The van der Waals surface area contributed by atoms with Crippen molar-refractivity contribution in [1.82, 2.24) is 0 Å². The van der Waals surface area contributed by atoms with Gasteiger partial charge in [0, 0.05) is 5.56 Å². The van der Waals surface area contributed by atoms with Gasteiger partial charge in [0.15, 0.2) is 0 Å². The van der Waals surface area contributed by atoms with Gasteiger partial charge in [0.25, 0.3) is 5.91 Å². The molecule has 126 valence electrons. The number of methoxy groups -OCH3 is 1. The van der Waals surface area contributed by atoms with Gasteiger partial charge in [0.05, 0.1) is 12.8 Å². The van der Waals surface area contributed by atoms with E-state index in [4.69, 9.17) is 0 Å². The van der Waals surface area contributed by atoms with Gasteiger partial charge < -0.3 is 4.74 Å². The number of hydrogen-bond acceptors (Lipinski definition) is 4. The smallest absolute Gasteiger partial charge is 0.421 e. The summed E-state index contributed by atoms with van der Waals surface area (Å²) in [7, 11) is 1.02. The van der Waals surface area contributed by atoms with Gasteiger partial charge in [-0.15, -0.1) is 11.8 Å². The Kier molecular flexibility index (Phi) is 4.40. The highest BCUT2D eigenvalue weighted by molar-refractivity contribution is 8.01. The summed E-state index contributed by atoms with van der Waals surface area (Å²) in [6, 6.07) is 2.75. The zero-order valence-corrected chi connectivity index (χ0v) is 13.9. The molecule has 0 bridgehead atoms. The maximum absolute atomic E-state index is 13.9. The zero-order chi connectivity index (χ0) is 17.6. The summed E-state index contributed by atoms with van der Waals surface area (Å²) in [5, 5.41) is 0. The number of benzene rings is 1. The lowest BCUT2D eigenvalue weighted by Crippen LogP contribution is -2.50. The van der Waals surface area contributed by atoms with Crippen molar-refractivity contribution >= 4 is 29.4 Å². The number of halogens is 3. The van der Waals surface area contributed by atoms with Crippen molar-refractivity contribution in [3.8, 4) is 0 Å². The van der Waals surface area contributed by atoms with Crippen molar-refractivity contribution in [2.45, 2.75) is 31.7 Å². The SMILES string of the molecule is CCS[C@@]1(C(F)(F)F)C(=O)N(C(=O)OC)c2cc(C)c(C)cc21. The molecule has 0 unspecified atom stereocenters. The summed E-state index contributed by atoms with van der Waals surface area (Å²) < 4.78 is 43.4. The standard InChI is InChI=1S/C15H16F3NO3S/c1-5-23-14(15(16,17)18)10-6-8(2)9(3)7-11(10)19(12(14)20)13(21)22-4/h6-7H,5H2,1-4H3/t14-/m1/s1. The summed E-state index contributed by atoms with van der Waals surface area (Å²) in [5.74, 6) is -1.27. The van der Waals surface area contributed by atoms with Crippen molar-refractivity contribution < 1.29 is 27.5 Å². The molecular weight excluding hydrogens is 331 g/mol. The average Bonchev–Trinajstić information content (AvgIpc) is 2.69. The maximum Gasteiger partial charge on any atom is 0.421 e. The Balaban J connectivity index is 2.84. The number of fused-ring (bicyclic) bond motifs is 1. The van der Waals surface area contributed by atoms with Gasteiger partial charge in [-0.3, -0.25) is 4.79 Å². The van der Waals surface area contributed by atoms with Gasteiger partial charge in [-0.2, -0.15) is 13.2 Å². The molecule has 1 aliphatic heterocycles. The van der Waals surface area contributed by atoms with E-state index in [0.29, 0.717) is 27.8 Å². The van der Waals surface area contributed by atoms with Crippen LogP contribution < -0.4 is 4.90 Å². The Bertz CT molecular complexity index is 675. The predicted octanol–water partition coefficient (Wildman–Crippen LogP) is 3.93. The highest BCUT2D eigenvalue weighted by Crippen LogP contribution is 2.58. The van der Waals surface area contributed by atoms with Crippen LogP contribution in [0.1, 0.15) is 23.6 Å². The van der Waals surface area contributed by atoms with Crippen LogP contribution in [-0.2, 0) is 14.3 Å². The Morgan fingerprint density at radius 2 is 1.87 bits per heavy atom. The van der Waals surface area contributed by atoms with E-state index in [1.54, 1.807) is 13.8 Å². The summed E-state index contributed by atoms with van der Waals surface area (Å²) in [6.45, 7) is 4.90. The topological polar surface area (TPSA) is 46.6 Å². The van der Waals surface area contributed by atoms with Gasteiger partial charge >= 0.3 is 12.3 Å². The first-order chi connectivity index (χ1) is 10.6. The van der Waals surface area contributed by atoms with Gasteiger partial charge in [0.2, 0.25) is 4.75 Å². The molecule has 8 heteroatoms. The Morgan fingerprint density at radius 3 is 2.35 bits per heavy atom. The highest BCUT2D eigenvalue weighted by atomic mass is 32.2. The van der Waals surface area contributed by atoms with Crippen molar-refractivity contribution in [3.63, 3.8) is 0 Å². The van der Waals surface area contributed by atoms with Crippen molar-refractivity contribution in [1.29, 1.82) is 0 Å². The summed E-state index contributed by atoms with van der Waals surface area (Å²) >= 11 is 0.466. The molecule has 0 saturated carbocycles. The second kappa shape index (κ2) is 5.74. The van der Waals surface area contributed by atoms with Gasteiger partial charge in [-0.1, -0.05) is 13.0 Å². The van der Waals surface area contributed by atoms with Crippen LogP contribution >= 0.6 is 11.8 Å². The molecule has 0 aliphatic carbocycles. The number of aryl methyl sites for hydroxylation is 2. The molecule has 0 saturated heterocycles. The molecule has 0 fully saturated rings. The van der Waals surface area contributed by atoms with E-state index < -0.39 is 22.9 Å². The van der Waals surface area contributed by atoms with Crippen LogP contribution in [-0.4, -0.2) is 31.0 Å². The van der Waals surface area contributed by atoms with E-state index in [1.807, 2.05) is 0 Å². The average molecular weight is 347 g/mol. The van der Waals surface area contributed by atoms with E-state index in [2.05, 4.69) is 4.74 Å². The van der Waals surface area contributed by atoms with Crippen molar-refractivity contribution in [2.75, 3.05) is 17.8 Å². The van der Waals surface area contributed by atoms with Crippen LogP contribution in [0.2, 0.25) is 0 Å². The monoisotopic (exact) mass is 347 g/mol. The molecule has 1 heterocycles. The number of hydrogen-bond donors (Lipinski definition) is 0. The lowest BCUT2D eigenvalue weighted by molar-refractivity contribution is -0.169. The number of imide groups is 1. The number of carbonyl (C=O) groups is 2. The Hall–Kier alpha value is -1.70. The molecule has 2 rings (SSSR count). The molecule has 0 spiro atoms. The number of rotatable bonds is 2. The minimum absolute atomic E-state index is 0.0621. The zero-order valence-electron chi connectivity index (χ0n) is 13.1. The van der Waals surface area contributed by atoms with Crippen LogP contribution in [0, 0.1) is 13.8 Å². The fraction of sp³-hybridized carbons (Fsp3) is 0.467. The predicted molar refractivity (Wildman–Crippen MR) is 81.7 cm³/mol. The first kappa shape index (κ1) is 17.7. The van der Waals surface area contributed by atoms with Crippen LogP contribution in [0.4, 0.5) is 23.7 Å². The molecule has 1 atom stereocenters. The molecule has 2 amide bonds. The lowest BCUT2D eigenvalue weighted by atomic mass is 9.95. The van der Waals surface area contributed by atoms with E-state index in [1.165, 1.54) is 19.1 Å². The molecule has 0 aromatic heterocycles. The minimum Gasteiger partial charge on any atom is -0.452 e. The van der Waals surface area contributed by atoms with Gasteiger partial charge in [-0.05, 0) is 36.8 Å². The summed E-state index contributed by atoms with van der Waals surface area (Å²) in [4.78, 5) is 25.0. The van der Waals surface area contributed by atoms with E-state index in [9.17, 15) is 22.8 Å². The molecule has 1 aliphatic rings. The third-order valence-corrected chi connectivity index (χ3v) is 5.20. The van der Waals surface area contributed by atoms with Crippen LogP contribution in [0.5, 0.6) is 0 Å². The van der Waals surface area contributed by atoms with E-state index in [-0.39, 0.29) is 17.0 Å². The molecule has 23 heavy (non-hydrogen) atoms. The molecular formula is C15H16F3NO3S. The van der Waals surface area contributed by atoms with E-state index in [0.717, 1.165) is 7.11 Å². The first-order valence-corrected chi connectivity index (χ1v) is 7.85. The molecule has 4 nitrogen and oxygen atoms in total. The number of nitrogens with zero attached hydrogens (tertiary/aromatic N) is 1. The Morgan fingerprint density at radius 1 is 1.30 bits per heavy atom. The number of thioether (sulfide) groups is 1. The molecule has 0 N–H and O–H groups in total. The number of ether oxygens (including phenoxy) is 1. The van der Waals surface area contributed by atoms with Gasteiger partial charge in [-0.25, -0.2) is 9.69 Å². The van der Waals surface area contributed by atoms with Crippen LogP contribution in [0.3, 0.4) is 0 Å². The quantitative estimate of drug-likeness (QED) is 0.813. The number of amides is 2. The van der Waals surface area contributed by atoms with Crippen molar-refractivity contribution in [3.05, 3.63) is 28.8 Å². The van der Waals surface area contributed by atoms with E-state index >= 15 is 0 Å². The maximum atomic E-state index is 13.9. The van der Waals surface area contributed by atoms with Gasteiger partial charge in [0.1, 0.15) is 0 Å². The normalized spacial score (nSPS) is 20.7. The number of carbonyl (C=O) groups excluding carboxylic acids is 2. The fourth-order valence-electron chi connectivity index (χ4n) is 2.63. The second-order valence-corrected chi connectivity index (χ2v) is 6.65. The van der Waals surface area contributed by atoms with Crippen LogP contribution in [0.25, 0.3) is 0 Å². The fourth-order valence-corrected chi connectivity index (χ4v) is 3.76. The molecule has 1 aromatic rings. The molecule has 1 aromatic carbocycles. The highest BCUT2D eigenvalue weighted by Gasteiger charge is 2.68. The first-order valence-electron chi connectivity index (χ1n) is 6.86. The lowest BCUT2D eigenvalue weighted by Gasteiger charge is -2.29. The third kappa shape index (κ3) is 2.39. The van der Waals surface area contributed by atoms with Crippen LogP contribution in [0.15, 0.2) is 12.1 Å². The molecule has 0 radical (unpaired) electrons. The van der Waals surface area contributed by atoms with Crippen molar-refractivity contribution in [2.24, 2.45) is 0 Å². The second-order valence-electron chi connectivity index (χ2n) is 5.18. The number of anilines is 1. The Labute approximate surface area is 136 Å². The number of alkyl halides is 3. The largest absolute Gasteiger partial charge is 0.452 e.